The molecule has 0 spiro atoms. The Labute approximate surface area is 206 Å². The summed E-state index contributed by atoms with van der Waals surface area (Å²) in [6.45, 7) is 9.46. The fourth-order valence-corrected chi connectivity index (χ4v) is 5.38. The summed E-state index contributed by atoms with van der Waals surface area (Å²) in [6.07, 6.45) is 38.4. The van der Waals surface area contributed by atoms with Crippen LogP contribution in [0.3, 0.4) is 0 Å². The van der Waals surface area contributed by atoms with Crippen molar-refractivity contribution in [3.63, 3.8) is 0 Å². The third-order valence-corrected chi connectivity index (χ3v) is 7.42. The van der Waals surface area contributed by atoms with Crippen molar-refractivity contribution in [3.05, 3.63) is 0 Å². The lowest BCUT2D eigenvalue weighted by Gasteiger charge is -2.13. The zero-order valence-electron chi connectivity index (χ0n) is 23.5. The van der Waals surface area contributed by atoms with Gasteiger partial charge in [-0.2, -0.15) is 0 Å². The summed E-state index contributed by atoms with van der Waals surface area (Å²) in [6, 6.07) is 0. The van der Waals surface area contributed by atoms with Crippen LogP contribution in [0.15, 0.2) is 0 Å². The second-order valence-electron chi connectivity index (χ2n) is 11.7. The Hall–Kier alpha value is 0. The van der Waals surface area contributed by atoms with Gasteiger partial charge in [0.1, 0.15) is 0 Å². The van der Waals surface area contributed by atoms with Gasteiger partial charge in [-0.15, -0.1) is 0 Å². The third kappa shape index (κ3) is 28.0. The molecule has 0 bridgehead atoms. The summed E-state index contributed by atoms with van der Waals surface area (Å²) >= 11 is 0. The monoisotopic (exact) mass is 451 g/mol. The molecule has 0 radical (unpaired) electrons. The van der Waals surface area contributed by atoms with E-state index in [2.05, 4.69) is 27.7 Å². The average molecular weight is 451 g/mol. The van der Waals surface area contributed by atoms with E-state index in [1.807, 2.05) is 0 Å². The van der Waals surface area contributed by atoms with Crippen LogP contribution in [-0.2, 0) is 0 Å². The summed E-state index contributed by atoms with van der Waals surface area (Å²) in [4.78, 5) is 0. The van der Waals surface area contributed by atoms with E-state index in [-0.39, 0.29) is 0 Å². The predicted molar refractivity (Wildman–Crippen MR) is 150 cm³/mol. The molecule has 0 aliphatic heterocycles. The first kappa shape index (κ1) is 32.0. The van der Waals surface area contributed by atoms with Gasteiger partial charge in [-0.3, -0.25) is 0 Å². The zero-order chi connectivity index (χ0) is 23.5. The van der Waals surface area contributed by atoms with Crippen LogP contribution in [0.2, 0.25) is 0 Å². The van der Waals surface area contributed by atoms with Gasteiger partial charge < -0.3 is 0 Å². The van der Waals surface area contributed by atoms with Crippen molar-refractivity contribution in [1.82, 2.24) is 0 Å². The van der Waals surface area contributed by atoms with Gasteiger partial charge in [0.15, 0.2) is 0 Å². The van der Waals surface area contributed by atoms with Crippen LogP contribution in [0.4, 0.5) is 0 Å². The molecular weight excluding hydrogens is 384 g/mol. The molecule has 0 aliphatic rings. The van der Waals surface area contributed by atoms with E-state index in [1.165, 1.54) is 167 Å². The topological polar surface area (TPSA) is 0 Å². The fourth-order valence-electron chi connectivity index (χ4n) is 5.38. The minimum Gasteiger partial charge on any atom is -0.0654 e. The maximum Gasteiger partial charge on any atom is -0.0440 e. The molecule has 1 unspecified atom stereocenters. The lowest BCUT2D eigenvalue weighted by molar-refractivity contribution is 0.397. The van der Waals surface area contributed by atoms with Crippen molar-refractivity contribution in [1.29, 1.82) is 0 Å². The van der Waals surface area contributed by atoms with Crippen LogP contribution in [-0.4, -0.2) is 0 Å². The van der Waals surface area contributed by atoms with Crippen LogP contribution in [0.1, 0.15) is 195 Å². The first-order valence-electron chi connectivity index (χ1n) is 15.7. The van der Waals surface area contributed by atoms with E-state index in [0.29, 0.717) is 0 Å². The SMILES string of the molecule is CCCCCCCCCCCCCCCCCCCCCCCCCCC(C)CC(C)C. The zero-order valence-corrected chi connectivity index (χ0v) is 23.5. The highest BCUT2D eigenvalue weighted by atomic mass is 14.1. The van der Waals surface area contributed by atoms with Crippen LogP contribution in [0.25, 0.3) is 0 Å². The second-order valence-corrected chi connectivity index (χ2v) is 11.7. The van der Waals surface area contributed by atoms with Crippen LogP contribution in [0.5, 0.6) is 0 Å². The van der Waals surface area contributed by atoms with Crippen molar-refractivity contribution >= 4 is 0 Å². The molecule has 0 aromatic carbocycles. The Morgan fingerprint density at radius 1 is 0.344 bits per heavy atom. The molecule has 32 heavy (non-hydrogen) atoms. The maximum atomic E-state index is 2.44. The second kappa shape index (κ2) is 27.2. The van der Waals surface area contributed by atoms with E-state index in [0.717, 1.165) is 11.8 Å². The smallest absolute Gasteiger partial charge is 0.0440 e. The quantitative estimate of drug-likeness (QED) is 0.109. The normalized spacial score (nSPS) is 12.7. The first-order chi connectivity index (χ1) is 15.7. The Balaban J connectivity index is 3.05. The standard InChI is InChI=1S/C32H66/c1-5-6-7-8-9-10-11-12-13-14-15-16-17-18-19-20-21-22-23-24-25-26-27-28-29-32(4)30-31(2)3/h31-32H,5-30H2,1-4H3. The summed E-state index contributed by atoms with van der Waals surface area (Å²) in [5, 5.41) is 0. The summed E-state index contributed by atoms with van der Waals surface area (Å²) in [5.74, 6) is 1.81. The van der Waals surface area contributed by atoms with Crippen molar-refractivity contribution < 1.29 is 0 Å². The molecular formula is C32H66. The summed E-state index contributed by atoms with van der Waals surface area (Å²) in [5.41, 5.74) is 0. The molecule has 0 amide bonds. The van der Waals surface area contributed by atoms with Crippen LogP contribution in [0, 0.1) is 11.8 Å². The minimum absolute atomic E-state index is 0.874. The number of hydrogen-bond donors (Lipinski definition) is 0. The molecule has 0 heterocycles. The van der Waals surface area contributed by atoms with E-state index in [1.54, 1.807) is 0 Å². The molecule has 194 valence electrons. The molecule has 0 heteroatoms. The van der Waals surface area contributed by atoms with Gasteiger partial charge in [0.2, 0.25) is 0 Å². The van der Waals surface area contributed by atoms with E-state index in [4.69, 9.17) is 0 Å². The highest BCUT2D eigenvalue weighted by Gasteiger charge is 2.04. The van der Waals surface area contributed by atoms with E-state index in [9.17, 15) is 0 Å². The molecule has 1 atom stereocenters. The number of unbranched alkanes of at least 4 members (excludes halogenated alkanes) is 23. The third-order valence-electron chi connectivity index (χ3n) is 7.42. The van der Waals surface area contributed by atoms with Crippen molar-refractivity contribution in [2.75, 3.05) is 0 Å². The summed E-state index contributed by atoms with van der Waals surface area (Å²) < 4.78 is 0. The Morgan fingerprint density at radius 3 is 0.844 bits per heavy atom. The van der Waals surface area contributed by atoms with Gasteiger partial charge in [-0.05, 0) is 18.3 Å². The largest absolute Gasteiger partial charge is 0.0654 e. The number of hydrogen-bond acceptors (Lipinski definition) is 0. The Kier molecular flexibility index (Phi) is 27.2. The first-order valence-corrected chi connectivity index (χ1v) is 15.7. The van der Waals surface area contributed by atoms with Crippen molar-refractivity contribution in [2.24, 2.45) is 11.8 Å². The van der Waals surface area contributed by atoms with Gasteiger partial charge in [0, 0.05) is 0 Å². The van der Waals surface area contributed by atoms with Crippen LogP contribution < -0.4 is 0 Å². The fraction of sp³-hybridized carbons (Fsp3) is 1.00. The molecule has 0 aliphatic carbocycles. The van der Waals surface area contributed by atoms with E-state index < -0.39 is 0 Å². The highest BCUT2D eigenvalue weighted by molar-refractivity contribution is 4.57. The van der Waals surface area contributed by atoms with Gasteiger partial charge >= 0.3 is 0 Å². The van der Waals surface area contributed by atoms with E-state index >= 15 is 0 Å². The highest BCUT2D eigenvalue weighted by Crippen LogP contribution is 2.19. The molecule has 0 nitrogen and oxygen atoms in total. The van der Waals surface area contributed by atoms with Crippen molar-refractivity contribution in [3.8, 4) is 0 Å². The molecule has 0 fully saturated rings. The lowest BCUT2D eigenvalue weighted by Crippen LogP contribution is -1.99. The van der Waals surface area contributed by atoms with Gasteiger partial charge in [-0.25, -0.2) is 0 Å². The maximum absolute atomic E-state index is 2.44. The molecule has 0 saturated heterocycles. The number of rotatable bonds is 27. The Morgan fingerprint density at radius 2 is 0.594 bits per heavy atom. The predicted octanol–water partition coefficient (Wildman–Crippen LogP) is 12.4. The van der Waals surface area contributed by atoms with Crippen LogP contribution >= 0.6 is 0 Å². The molecule has 0 rings (SSSR count). The summed E-state index contributed by atoms with van der Waals surface area (Å²) in [7, 11) is 0. The van der Waals surface area contributed by atoms with Gasteiger partial charge in [0.25, 0.3) is 0 Å². The Bertz CT molecular complexity index is 318. The van der Waals surface area contributed by atoms with Gasteiger partial charge in [-0.1, -0.05) is 188 Å². The van der Waals surface area contributed by atoms with Crippen molar-refractivity contribution in [2.45, 2.75) is 195 Å². The average Bonchev–Trinajstić information content (AvgIpc) is 2.76. The molecule has 0 aromatic heterocycles. The minimum atomic E-state index is 0.874. The molecule has 0 N–H and O–H groups in total. The molecule has 0 saturated carbocycles. The molecule has 0 aromatic rings. The van der Waals surface area contributed by atoms with Gasteiger partial charge in [0.05, 0.1) is 0 Å². The lowest BCUT2D eigenvalue weighted by atomic mass is 9.93.